The van der Waals surface area contributed by atoms with Crippen molar-refractivity contribution >= 4 is 23.4 Å². The van der Waals surface area contributed by atoms with E-state index in [0.717, 1.165) is 29.8 Å². The van der Waals surface area contributed by atoms with Gasteiger partial charge in [0.05, 0.1) is 12.5 Å². The first-order valence-corrected chi connectivity index (χ1v) is 12.7. The zero-order valence-electron chi connectivity index (χ0n) is 21.4. The monoisotopic (exact) mass is 504 g/mol. The Labute approximate surface area is 215 Å². The number of nitrogens with one attached hydrogen (secondary N) is 3. The van der Waals surface area contributed by atoms with E-state index in [4.69, 9.17) is 11.6 Å². The maximum Gasteiger partial charge on any atom is 0.224 e. The Hall–Kier alpha value is -2.53. The number of carbonyl (C=O) groups excluding carboxylic acids is 2. The summed E-state index contributed by atoms with van der Waals surface area (Å²) in [7, 11) is 0. The summed E-state index contributed by atoms with van der Waals surface area (Å²) in [6.45, 7) is 11.0. The molecule has 194 valence electrons. The molecule has 0 bridgehead atoms. The second-order valence-electron chi connectivity index (χ2n) is 8.83. The number of rotatable bonds is 10. The summed E-state index contributed by atoms with van der Waals surface area (Å²) >= 11 is 5.91. The van der Waals surface area contributed by atoms with Crippen molar-refractivity contribution in [2.75, 3.05) is 26.2 Å². The van der Waals surface area contributed by atoms with E-state index in [1.807, 2.05) is 52.0 Å². The minimum atomic E-state index is -0.448. The quantitative estimate of drug-likeness (QED) is 0.367. The van der Waals surface area contributed by atoms with Crippen molar-refractivity contribution in [3.8, 4) is 12.8 Å². The van der Waals surface area contributed by atoms with Crippen LogP contribution >= 0.6 is 11.6 Å². The maximum atomic E-state index is 12.6. The molecule has 2 amide bonds. The first-order valence-electron chi connectivity index (χ1n) is 12.3. The SMILES string of the molecule is C#C.CC.CC(C)C(O)CNC1=C(CC(=O)NCc2ccc(Cl)cc2)CN(CC2CCC(=O)N2)C1. The number of halogens is 1. The third kappa shape index (κ3) is 10.7. The number of hydrogen-bond donors (Lipinski definition) is 4. The summed E-state index contributed by atoms with van der Waals surface area (Å²) < 4.78 is 0. The highest BCUT2D eigenvalue weighted by Crippen LogP contribution is 2.21. The standard InChI is InChI=1S/C23H33ClN4O3.C2H6.C2H2/c1-15(2)21(29)11-25-20-14-28(13-19-7-8-22(30)27-19)12-17(20)9-23(31)26-10-16-3-5-18(24)6-4-16;2*1-2/h3-6,15,19,21,25,29H,7-14H2,1-2H3,(H,26,31)(H,27,30);1-2H3;1-2H. The van der Waals surface area contributed by atoms with E-state index in [0.29, 0.717) is 44.0 Å². The Kier molecular flexibility index (Phi) is 14.1. The Morgan fingerprint density at radius 3 is 2.46 bits per heavy atom. The summed E-state index contributed by atoms with van der Waals surface area (Å²) in [4.78, 5) is 26.4. The zero-order valence-corrected chi connectivity index (χ0v) is 22.2. The Balaban J connectivity index is 0.00000145. The number of aliphatic hydroxyl groups is 1. The normalized spacial score (nSPS) is 18.2. The highest BCUT2D eigenvalue weighted by molar-refractivity contribution is 6.30. The fourth-order valence-corrected chi connectivity index (χ4v) is 4.00. The molecule has 0 spiro atoms. The lowest BCUT2D eigenvalue weighted by Crippen LogP contribution is -2.39. The number of aliphatic hydroxyl groups excluding tert-OH is 1. The van der Waals surface area contributed by atoms with Gasteiger partial charge in [-0.3, -0.25) is 14.5 Å². The molecule has 1 aromatic carbocycles. The molecular weight excluding hydrogens is 464 g/mol. The summed E-state index contributed by atoms with van der Waals surface area (Å²) in [6, 6.07) is 7.58. The minimum Gasteiger partial charge on any atom is -0.391 e. The lowest BCUT2D eigenvalue weighted by atomic mass is 10.1. The van der Waals surface area contributed by atoms with Gasteiger partial charge in [0.25, 0.3) is 0 Å². The molecule has 0 radical (unpaired) electrons. The van der Waals surface area contributed by atoms with E-state index < -0.39 is 6.10 Å². The van der Waals surface area contributed by atoms with Crippen LogP contribution in [0.3, 0.4) is 0 Å². The van der Waals surface area contributed by atoms with Crippen molar-refractivity contribution in [3.63, 3.8) is 0 Å². The van der Waals surface area contributed by atoms with E-state index in [-0.39, 0.29) is 23.8 Å². The lowest BCUT2D eigenvalue weighted by Gasteiger charge is -2.21. The fourth-order valence-electron chi connectivity index (χ4n) is 3.88. The Morgan fingerprint density at radius 1 is 1.23 bits per heavy atom. The molecule has 1 aromatic rings. The van der Waals surface area contributed by atoms with Crippen molar-refractivity contribution in [2.45, 2.75) is 65.6 Å². The molecule has 0 aromatic heterocycles. The fraction of sp³-hybridized carbons (Fsp3) is 0.556. The van der Waals surface area contributed by atoms with Crippen LogP contribution in [-0.4, -0.2) is 60.1 Å². The van der Waals surface area contributed by atoms with Crippen molar-refractivity contribution in [1.82, 2.24) is 20.9 Å². The number of amides is 2. The summed E-state index contributed by atoms with van der Waals surface area (Å²) in [5.74, 6) is 0.229. The van der Waals surface area contributed by atoms with E-state index >= 15 is 0 Å². The third-order valence-corrected chi connectivity index (χ3v) is 6.11. The summed E-state index contributed by atoms with van der Waals surface area (Å²) in [5.41, 5.74) is 3.04. The van der Waals surface area contributed by atoms with Gasteiger partial charge in [0, 0.05) is 55.9 Å². The molecule has 2 unspecified atom stereocenters. The summed E-state index contributed by atoms with van der Waals surface area (Å²) in [6.07, 6.45) is 9.29. The average Bonchev–Trinajstić information content (AvgIpc) is 3.44. The van der Waals surface area contributed by atoms with Gasteiger partial charge in [0.15, 0.2) is 0 Å². The lowest BCUT2D eigenvalue weighted by molar-refractivity contribution is -0.121. The van der Waals surface area contributed by atoms with Crippen LogP contribution < -0.4 is 16.0 Å². The largest absolute Gasteiger partial charge is 0.391 e. The highest BCUT2D eigenvalue weighted by atomic mass is 35.5. The van der Waals surface area contributed by atoms with E-state index in [9.17, 15) is 14.7 Å². The molecule has 1 saturated heterocycles. The molecule has 2 heterocycles. The average molecular weight is 505 g/mol. The molecule has 0 saturated carbocycles. The van der Waals surface area contributed by atoms with Gasteiger partial charge in [0.1, 0.15) is 0 Å². The molecule has 3 rings (SSSR count). The van der Waals surface area contributed by atoms with Crippen LogP contribution in [0.2, 0.25) is 5.02 Å². The first-order chi connectivity index (χ1) is 16.8. The molecule has 7 nitrogen and oxygen atoms in total. The van der Waals surface area contributed by atoms with Crippen LogP contribution in [0.4, 0.5) is 0 Å². The third-order valence-electron chi connectivity index (χ3n) is 5.86. The van der Waals surface area contributed by atoms with Crippen LogP contribution in [0.5, 0.6) is 0 Å². The smallest absolute Gasteiger partial charge is 0.224 e. The molecule has 2 atom stereocenters. The van der Waals surface area contributed by atoms with Gasteiger partial charge in [-0.15, -0.1) is 12.8 Å². The van der Waals surface area contributed by atoms with Gasteiger partial charge in [-0.1, -0.05) is 51.4 Å². The van der Waals surface area contributed by atoms with Gasteiger partial charge in [0.2, 0.25) is 11.8 Å². The van der Waals surface area contributed by atoms with E-state index in [2.05, 4.69) is 33.7 Å². The van der Waals surface area contributed by atoms with Crippen LogP contribution in [0.25, 0.3) is 0 Å². The Morgan fingerprint density at radius 2 is 1.89 bits per heavy atom. The molecule has 35 heavy (non-hydrogen) atoms. The predicted molar refractivity (Wildman–Crippen MR) is 143 cm³/mol. The van der Waals surface area contributed by atoms with Crippen molar-refractivity contribution in [3.05, 3.63) is 46.1 Å². The maximum absolute atomic E-state index is 12.6. The van der Waals surface area contributed by atoms with Crippen LogP contribution in [0, 0.1) is 18.8 Å². The second-order valence-corrected chi connectivity index (χ2v) is 9.26. The molecular formula is C27H41ClN4O3. The second kappa shape index (κ2) is 16.2. The Bertz CT molecular complexity index is 852. The number of nitrogens with zero attached hydrogens (tertiary/aromatic N) is 1. The van der Waals surface area contributed by atoms with Crippen LogP contribution in [0.1, 0.15) is 52.5 Å². The number of terminal acetylenes is 1. The molecule has 1 fully saturated rings. The van der Waals surface area contributed by atoms with E-state index in [1.54, 1.807) is 0 Å². The van der Waals surface area contributed by atoms with Crippen molar-refractivity contribution < 1.29 is 14.7 Å². The highest BCUT2D eigenvalue weighted by Gasteiger charge is 2.29. The van der Waals surface area contributed by atoms with Gasteiger partial charge < -0.3 is 21.1 Å². The van der Waals surface area contributed by atoms with Crippen LogP contribution in [-0.2, 0) is 16.1 Å². The molecule has 2 aliphatic rings. The zero-order chi connectivity index (χ0) is 26.4. The van der Waals surface area contributed by atoms with Gasteiger partial charge in [-0.25, -0.2) is 0 Å². The van der Waals surface area contributed by atoms with Crippen LogP contribution in [0.15, 0.2) is 35.5 Å². The van der Waals surface area contributed by atoms with Crippen molar-refractivity contribution in [2.24, 2.45) is 5.92 Å². The topological polar surface area (TPSA) is 93.7 Å². The van der Waals surface area contributed by atoms with Gasteiger partial charge >= 0.3 is 0 Å². The molecule has 0 aliphatic carbocycles. The number of carbonyl (C=O) groups is 2. The summed E-state index contributed by atoms with van der Waals surface area (Å²) in [5, 5.41) is 20.2. The predicted octanol–water partition coefficient (Wildman–Crippen LogP) is 3.08. The number of hydrogen-bond acceptors (Lipinski definition) is 5. The van der Waals surface area contributed by atoms with Crippen molar-refractivity contribution in [1.29, 1.82) is 0 Å². The minimum absolute atomic E-state index is 0.0373. The molecule has 4 N–H and O–H groups in total. The van der Waals surface area contributed by atoms with Gasteiger partial charge in [-0.2, -0.15) is 0 Å². The number of benzene rings is 1. The van der Waals surface area contributed by atoms with Gasteiger partial charge in [-0.05, 0) is 35.6 Å². The molecule has 2 aliphatic heterocycles. The first kappa shape index (κ1) is 30.5. The molecule has 8 heteroatoms. The van der Waals surface area contributed by atoms with E-state index in [1.165, 1.54) is 0 Å².